The molecule has 7 rings (SSSR count). The molecule has 1 spiro atoms. The normalized spacial score (nSPS) is 37.2. The Kier molecular flexibility index (Phi) is 9.87. The third-order valence-corrected chi connectivity index (χ3v) is 14.6. The lowest BCUT2D eigenvalue weighted by Crippen LogP contribution is -2.51. The molecule has 5 aliphatic rings. The molecule has 10 heteroatoms. The van der Waals surface area contributed by atoms with Gasteiger partial charge in [0.1, 0.15) is 5.75 Å². The van der Waals surface area contributed by atoms with Gasteiger partial charge < -0.3 is 24.0 Å². The van der Waals surface area contributed by atoms with E-state index in [4.69, 9.17) is 25.8 Å². The van der Waals surface area contributed by atoms with Crippen molar-refractivity contribution in [3.05, 3.63) is 70.3 Å². The van der Waals surface area contributed by atoms with Crippen LogP contribution in [0.4, 0.5) is 5.69 Å². The maximum absolute atomic E-state index is 13.9. The number of ether oxygens (including phenoxy) is 3. The fourth-order valence-electron chi connectivity index (χ4n) is 8.66. The Morgan fingerprint density at radius 3 is 2.63 bits per heavy atom. The van der Waals surface area contributed by atoms with E-state index in [1.165, 1.54) is 11.1 Å². The molecule has 0 radical (unpaired) electrons. The van der Waals surface area contributed by atoms with Gasteiger partial charge in [0, 0.05) is 40.3 Å². The highest BCUT2D eigenvalue weighted by Gasteiger charge is 2.46. The summed E-state index contributed by atoms with van der Waals surface area (Å²) in [6, 6.07) is 12.2. The first-order chi connectivity index (χ1) is 23.4. The number of hydrogen-bond acceptors (Lipinski definition) is 7. The average Bonchev–Trinajstić information content (AvgIpc) is 3.21. The van der Waals surface area contributed by atoms with Crippen molar-refractivity contribution in [3.63, 3.8) is 0 Å². The smallest absolute Gasteiger partial charge is 0.262 e. The summed E-state index contributed by atoms with van der Waals surface area (Å²) in [5, 5.41) is 0.438. The van der Waals surface area contributed by atoms with E-state index < -0.39 is 9.71 Å². The molecule has 8 nitrogen and oxygen atoms in total. The molecule has 3 aliphatic heterocycles. The summed E-state index contributed by atoms with van der Waals surface area (Å²) in [5.74, 6) is 5.36. The maximum atomic E-state index is 13.9. The van der Waals surface area contributed by atoms with Crippen molar-refractivity contribution >= 4 is 38.8 Å². The number of nitrogens with zero attached hydrogens (tertiary/aromatic N) is 2. The van der Waals surface area contributed by atoms with E-state index in [0.29, 0.717) is 37.2 Å². The SMILES string of the molecule is C=S1(=O)NC(=O)c2ccc3c(c2)N(C[C@@H]2CC[C@H]2[C@@H](C2OCC(N(C)C)CO2)/C=C/C[C@H](C)[C@H]1C)C[C@@]1(CCCc2cc(Cl)ccc21)CO3. The van der Waals surface area contributed by atoms with Crippen molar-refractivity contribution in [3.8, 4) is 5.75 Å². The number of amides is 1. The van der Waals surface area contributed by atoms with Gasteiger partial charge in [-0.2, -0.15) is 0 Å². The zero-order valence-electron chi connectivity index (χ0n) is 29.4. The van der Waals surface area contributed by atoms with E-state index in [-0.39, 0.29) is 40.7 Å². The van der Waals surface area contributed by atoms with Gasteiger partial charge in [-0.3, -0.25) is 9.52 Å². The number of nitrogens with one attached hydrogen (secondary N) is 1. The van der Waals surface area contributed by atoms with Gasteiger partial charge in [-0.25, -0.2) is 4.21 Å². The zero-order valence-corrected chi connectivity index (χ0v) is 30.9. The lowest BCUT2D eigenvalue weighted by molar-refractivity contribution is -0.230. The minimum Gasteiger partial charge on any atom is -0.490 e. The van der Waals surface area contributed by atoms with Crippen LogP contribution in [0.25, 0.3) is 0 Å². The van der Waals surface area contributed by atoms with Crippen molar-refractivity contribution in [1.82, 2.24) is 9.62 Å². The number of anilines is 1. The van der Waals surface area contributed by atoms with E-state index >= 15 is 0 Å². The number of aryl methyl sites for hydroxylation is 1. The highest BCUT2D eigenvalue weighted by atomic mass is 35.5. The van der Waals surface area contributed by atoms with Crippen LogP contribution in [0, 0.1) is 23.7 Å². The van der Waals surface area contributed by atoms with E-state index in [0.717, 1.165) is 68.1 Å². The van der Waals surface area contributed by atoms with Crippen LogP contribution in [0.2, 0.25) is 5.02 Å². The molecule has 1 unspecified atom stereocenters. The Morgan fingerprint density at radius 1 is 1.10 bits per heavy atom. The van der Waals surface area contributed by atoms with E-state index in [1.807, 2.05) is 25.1 Å². The van der Waals surface area contributed by atoms with Crippen LogP contribution in [0.5, 0.6) is 5.75 Å². The number of fused-ring (bicyclic) bond motifs is 4. The second kappa shape index (κ2) is 13.9. The Labute approximate surface area is 297 Å². The van der Waals surface area contributed by atoms with Gasteiger partial charge in [0.05, 0.1) is 41.3 Å². The molecule has 49 heavy (non-hydrogen) atoms. The number of likely N-dealkylation sites (N-methyl/N-ethyl adjacent to an activating group) is 1. The number of rotatable bonds is 2. The monoisotopic (exact) mass is 709 g/mol. The molecule has 1 amide bonds. The fourth-order valence-corrected chi connectivity index (χ4v) is 10.3. The largest absolute Gasteiger partial charge is 0.490 e. The molecular formula is C39H52ClN3O5S. The Bertz CT molecular complexity index is 1690. The summed E-state index contributed by atoms with van der Waals surface area (Å²) in [6.45, 7) is 7.43. The number of hydrogen-bond donors (Lipinski definition) is 1. The number of benzene rings is 2. The highest BCUT2D eigenvalue weighted by molar-refractivity contribution is 7.99. The summed E-state index contributed by atoms with van der Waals surface area (Å²) in [5.41, 5.74) is 3.76. The molecule has 1 saturated carbocycles. The lowest BCUT2D eigenvalue weighted by Gasteiger charge is -2.48. The molecule has 2 bridgehead atoms. The molecular weight excluding hydrogens is 658 g/mol. The number of carbonyl (C=O) groups is 1. The summed E-state index contributed by atoms with van der Waals surface area (Å²) in [4.78, 5) is 18.3. The molecule has 7 atom stereocenters. The van der Waals surface area contributed by atoms with E-state index in [9.17, 15) is 9.00 Å². The first kappa shape index (κ1) is 34.9. The third-order valence-electron chi connectivity index (χ3n) is 12.2. The molecule has 3 heterocycles. The number of allylic oxidation sites excluding steroid dienone is 1. The van der Waals surface area contributed by atoms with Gasteiger partial charge in [-0.15, -0.1) is 0 Å². The molecule has 2 fully saturated rings. The topological polar surface area (TPSA) is 80.3 Å². The van der Waals surface area contributed by atoms with Crippen LogP contribution in [-0.2, 0) is 31.0 Å². The van der Waals surface area contributed by atoms with Crippen molar-refractivity contribution in [2.24, 2.45) is 23.7 Å². The second-order valence-corrected chi connectivity index (χ2v) is 18.4. The first-order valence-electron chi connectivity index (χ1n) is 18.0. The molecule has 1 saturated heterocycles. The molecule has 1 N–H and O–H groups in total. The van der Waals surface area contributed by atoms with Crippen molar-refractivity contribution < 1.29 is 23.2 Å². The minimum absolute atomic E-state index is 0.0407. The summed E-state index contributed by atoms with van der Waals surface area (Å²) >= 11 is 6.48. The minimum atomic E-state index is -2.94. The van der Waals surface area contributed by atoms with Crippen LogP contribution >= 0.6 is 11.6 Å². The van der Waals surface area contributed by atoms with Gasteiger partial charge in [-0.1, -0.05) is 36.7 Å². The van der Waals surface area contributed by atoms with E-state index in [2.05, 4.69) is 65.7 Å². The first-order valence-corrected chi connectivity index (χ1v) is 20.2. The van der Waals surface area contributed by atoms with Crippen LogP contribution in [-0.4, -0.2) is 85.5 Å². The van der Waals surface area contributed by atoms with Gasteiger partial charge in [0.15, 0.2) is 6.29 Å². The quantitative estimate of drug-likeness (QED) is 0.298. The van der Waals surface area contributed by atoms with Crippen LogP contribution in [0.15, 0.2) is 48.6 Å². The fraction of sp³-hybridized carbons (Fsp3) is 0.590. The number of halogens is 1. The zero-order chi connectivity index (χ0) is 34.5. The Hall–Kier alpha value is -2.56. The molecule has 0 aromatic heterocycles. The molecule has 2 aromatic carbocycles. The molecule has 266 valence electrons. The average molecular weight is 710 g/mol. The summed E-state index contributed by atoms with van der Waals surface area (Å²) in [7, 11) is 1.20. The third kappa shape index (κ3) is 6.90. The van der Waals surface area contributed by atoms with Gasteiger partial charge in [0.25, 0.3) is 5.91 Å². The van der Waals surface area contributed by atoms with Gasteiger partial charge >= 0.3 is 0 Å². The number of carbonyl (C=O) groups excluding carboxylic acids is 1. The lowest BCUT2D eigenvalue weighted by atomic mass is 9.65. The predicted octanol–water partition coefficient (Wildman–Crippen LogP) is 6.10. The van der Waals surface area contributed by atoms with Crippen LogP contribution in [0.1, 0.15) is 67.4 Å². The standard InChI is InChI=1S/C39H52ClN3O5S/c1-25-8-6-10-33(38-46-21-31(22-47-38)42(3)4)32-14-11-29(32)20-43-23-39(17-7-9-27-18-30(40)13-15-34(27)39)24-48-36-16-12-28(19-35(36)43)37(44)41-49(5,45)26(25)2/h6,10,12-13,15-16,18-19,25-26,29,31-33,38H,5,7-9,11,14,17,20-24H2,1-4H3,(H,41,44,45)/b10-6+/t25-,26+,29-,31?,32+,33-,38?,39-,49?/m0/s1. The van der Waals surface area contributed by atoms with Crippen molar-refractivity contribution in [1.29, 1.82) is 0 Å². The van der Waals surface area contributed by atoms with Gasteiger partial charge in [0.2, 0.25) is 0 Å². The van der Waals surface area contributed by atoms with Crippen molar-refractivity contribution in [2.75, 3.05) is 51.9 Å². The Morgan fingerprint density at radius 2 is 1.90 bits per heavy atom. The van der Waals surface area contributed by atoms with Crippen molar-refractivity contribution in [2.45, 2.75) is 75.4 Å². The predicted molar refractivity (Wildman–Crippen MR) is 198 cm³/mol. The Balaban J connectivity index is 1.28. The second-order valence-electron chi connectivity index (χ2n) is 15.5. The highest BCUT2D eigenvalue weighted by Crippen LogP contribution is 2.48. The maximum Gasteiger partial charge on any atom is 0.262 e. The summed E-state index contributed by atoms with van der Waals surface area (Å²) in [6.07, 6.45) is 10.2. The molecule has 2 aromatic rings. The van der Waals surface area contributed by atoms with Crippen LogP contribution < -0.4 is 14.4 Å². The van der Waals surface area contributed by atoms with Crippen LogP contribution in [0.3, 0.4) is 0 Å². The van der Waals surface area contributed by atoms with E-state index in [1.54, 1.807) is 6.07 Å². The summed E-state index contributed by atoms with van der Waals surface area (Å²) < 4.78 is 36.3. The van der Waals surface area contributed by atoms with Gasteiger partial charge in [-0.05, 0) is 125 Å². The molecule has 2 aliphatic carbocycles.